The van der Waals surface area contributed by atoms with Crippen LogP contribution >= 0.6 is 11.3 Å². The smallest absolute Gasteiger partial charge is 0.310 e. The minimum atomic E-state index is -0.472. The summed E-state index contributed by atoms with van der Waals surface area (Å²) < 4.78 is 22.4. The molecule has 0 N–H and O–H groups in total. The first-order valence-electron chi connectivity index (χ1n) is 8.82. The number of hydrogen-bond acceptors (Lipinski definition) is 9. The summed E-state index contributed by atoms with van der Waals surface area (Å²) in [6.07, 6.45) is 0.713. The van der Waals surface area contributed by atoms with Gasteiger partial charge >= 0.3 is 5.97 Å². The molecule has 0 aliphatic rings. The molecule has 29 heavy (non-hydrogen) atoms. The fourth-order valence-corrected chi connectivity index (χ4v) is 3.58. The highest BCUT2D eigenvalue weighted by molar-refractivity contribution is 7.16. The van der Waals surface area contributed by atoms with Gasteiger partial charge in [0.1, 0.15) is 11.6 Å². The fourth-order valence-electron chi connectivity index (χ4n) is 2.72. The van der Waals surface area contributed by atoms with E-state index in [0.29, 0.717) is 39.9 Å². The predicted octanol–water partition coefficient (Wildman–Crippen LogP) is 2.03. The maximum atomic E-state index is 12.3. The molecule has 3 aromatic rings. The molecular weight excluding hydrogens is 398 g/mol. The predicted molar refractivity (Wildman–Crippen MR) is 106 cm³/mol. The van der Waals surface area contributed by atoms with Gasteiger partial charge in [-0.15, -0.1) is 0 Å². The van der Waals surface area contributed by atoms with Crippen LogP contribution in [0.1, 0.15) is 23.2 Å². The van der Waals surface area contributed by atoms with Gasteiger partial charge in [0.25, 0.3) is 5.56 Å². The van der Waals surface area contributed by atoms with Gasteiger partial charge in [-0.05, 0) is 24.1 Å². The Kier molecular flexibility index (Phi) is 6.32. The standard InChI is InChI=1S/C19H21N3O6S/c1-5-15-21-22-16(23)9-12(20-19(22)29-15)10-28-17(24)8-11-6-13(25-2)18(27-4)14(7-11)26-3/h6-7,9H,5,8,10H2,1-4H3. The molecule has 0 aliphatic heterocycles. The molecular formula is C19H21N3O6S. The third-order valence-electron chi connectivity index (χ3n) is 4.10. The van der Waals surface area contributed by atoms with Crippen molar-refractivity contribution in [1.82, 2.24) is 14.6 Å². The van der Waals surface area contributed by atoms with Crippen molar-refractivity contribution in [2.24, 2.45) is 0 Å². The number of ether oxygens (including phenoxy) is 4. The van der Waals surface area contributed by atoms with Crippen molar-refractivity contribution in [1.29, 1.82) is 0 Å². The maximum Gasteiger partial charge on any atom is 0.310 e. The van der Waals surface area contributed by atoms with Crippen LogP contribution in [-0.4, -0.2) is 41.9 Å². The van der Waals surface area contributed by atoms with E-state index >= 15 is 0 Å². The van der Waals surface area contributed by atoms with Gasteiger partial charge in [-0.3, -0.25) is 9.59 Å². The zero-order valence-electron chi connectivity index (χ0n) is 16.6. The van der Waals surface area contributed by atoms with Crippen molar-refractivity contribution in [2.45, 2.75) is 26.4 Å². The lowest BCUT2D eigenvalue weighted by Gasteiger charge is -2.14. The van der Waals surface area contributed by atoms with Crippen LogP contribution < -0.4 is 19.8 Å². The second-order valence-electron chi connectivity index (χ2n) is 6.00. The minimum absolute atomic E-state index is 0.00151. The molecule has 9 nitrogen and oxygen atoms in total. The van der Waals surface area contributed by atoms with E-state index in [1.807, 2.05) is 6.92 Å². The number of benzene rings is 1. The quantitative estimate of drug-likeness (QED) is 0.511. The molecule has 2 heterocycles. The topological polar surface area (TPSA) is 101 Å². The number of carbonyl (C=O) groups is 1. The molecule has 0 unspecified atom stereocenters. The van der Waals surface area contributed by atoms with E-state index in [1.165, 1.54) is 43.2 Å². The molecule has 3 rings (SSSR count). The van der Waals surface area contributed by atoms with Gasteiger partial charge in [-0.1, -0.05) is 18.3 Å². The fraction of sp³-hybridized carbons (Fsp3) is 0.368. The molecule has 0 saturated heterocycles. The summed E-state index contributed by atoms with van der Waals surface area (Å²) in [6, 6.07) is 4.69. The number of aromatic nitrogens is 3. The van der Waals surface area contributed by atoms with Crippen LogP contribution in [-0.2, 0) is 29.0 Å². The zero-order valence-corrected chi connectivity index (χ0v) is 17.4. The van der Waals surface area contributed by atoms with E-state index in [4.69, 9.17) is 18.9 Å². The first kappa shape index (κ1) is 20.6. The molecule has 0 bridgehead atoms. The number of carbonyl (C=O) groups excluding carboxylic acids is 1. The van der Waals surface area contributed by atoms with Gasteiger partial charge in [-0.25, -0.2) is 4.98 Å². The second kappa shape index (κ2) is 8.91. The normalized spacial score (nSPS) is 10.8. The van der Waals surface area contributed by atoms with E-state index in [-0.39, 0.29) is 18.6 Å². The Morgan fingerprint density at radius 1 is 1.10 bits per heavy atom. The third kappa shape index (κ3) is 4.48. The lowest BCUT2D eigenvalue weighted by Crippen LogP contribution is -2.17. The van der Waals surface area contributed by atoms with Gasteiger partial charge in [-0.2, -0.15) is 9.61 Å². The number of nitrogens with zero attached hydrogens (tertiary/aromatic N) is 3. The van der Waals surface area contributed by atoms with Crippen molar-refractivity contribution in [3.8, 4) is 17.2 Å². The van der Waals surface area contributed by atoms with Crippen LogP contribution in [0.5, 0.6) is 17.2 Å². The molecule has 0 amide bonds. The minimum Gasteiger partial charge on any atom is -0.493 e. The first-order chi connectivity index (χ1) is 14.0. The first-order valence-corrected chi connectivity index (χ1v) is 9.63. The Balaban J connectivity index is 1.72. The zero-order chi connectivity index (χ0) is 21.0. The number of rotatable bonds is 8. The summed E-state index contributed by atoms with van der Waals surface area (Å²) in [6.45, 7) is 1.85. The molecule has 0 saturated carbocycles. The van der Waals surface area contributed by atoms with Gasteiger partial charge in [0.2, 0.25) is 10.7 Å². The Morgan fingerprint density at radius 2 is 1.79 bits per heavy atom. The number of methoxy groups -OCH3 is 3. The molecule has 0 spiro atoms. The Bertz CT molecular complexity index is 1070. The molecule has 154 valence electrons. The second-order valence-corrected chi connectivity index (χ2v) is 7.04. The van der Waals surface area contributed by atoms with E-state index in [9.17, 15) is 9.59 Å². The lowest BCUT2D eigenvalue weighted by molar-refractivity contribution is -0.144. The van der Waals surface area contributed by atoms with Crippen LogP contribution in [0.4, 0.5) is 0 Å². The van der Waals surface area contributed by atoms with E-state index in [0.717, 1.165) is 5.01 Å². The molecule has 0 radical (unpaired) electrons. The van der Waals surface area contributed by atoms with Crippen LogP contribution in [0.15, 0.2) is 23.0 Å². The Morgan fingerprint density at radius 3 is 2.38 bits per heavy atom. The van der Waals surface area contributed by atoms with Crippen molar-refractivity contribution in [2.75, 3.05) is 21.3 Å². The van der Waals surface area contributed by atoms with Gasteiger partial charge in [0, 0.05) is 6.07 Å². The highest BCUT2D eigenvalue weighted by Gasteiger charge is 2.16. The number of fused-ring (bicyclic) bond motifs is 1. The van der Waals surface area contributed by atoms with Gasteiger partial charge < -0.3 is 18.9 Å². The maximum absolute atomic E-state index is 12.3. The van der Waals surface area contributed by atoms with Crippen LogP contribution in [0.3, 0.4) is 0 Å². The van der Waals surface area contributed by atoms with Crippen molar-refractivity contribution >= 4 is 22.3 Å². The summed E-state index contributed by atoms with van der Waals surface area (Å²) >= 11 is 1.33. The van der Waals surface area contributed by atoms with E-state index in [2.05, 4.69) is 10.1 Å². The van der Waals surface area contributed by atoms with Crippen LogP contribution in [0.25, 0.3) is 4.96 Å². The average molecular weight is 419 g/mol. The van der Waals surface area contributed by atoms with E-state index in [1.54, 1.807) is 12.1 Å². The molecule has 0 aliphatic carbocycles. The average Bonchev–Trinajstić information content (AvgIpc) is 3.15. The number of hydrogen-bond donors (Lipinski definition) is 0. The summed E-state index contributed by atoms with van der Waals surface area (Å²) in [4.78, 5) is 29.3. The monoisotopic (exact) mass is 419 g/mol. The largest absolute Gasteiger partial charge is 0.493 e. The van der Waals surface area contributed by atoms with Gasteiger partial charge in [0.05, 0.1) is 33.4 Å². The Labute approximate surface area is 170 Å². The van der Waals surface area contributed by atoms with Crippen LogP contribution in [0, 0.1) is 0 Å². The lowest BCUT2D eigenvalue weighted by atomic mass is 10.1. The summed E-state index contributed by atoms with van der Waals surface area (Å²) in [7, 11) is 4.51. The summed E-state index contributed by atoms with van der Waals surface area (Å²) in [5.74, 6) is 0.874. The molecule has 0 atom stereocenters. The molecule has 10 heteroatoms. The van der Waals surface area contributed by atoms with Crippen molar-refractivity contribution in [3.63, 3.8) is 0 Å². The summed E-state index contributed by atoms with van der Waals surface area (Å²) in [5, 5.41) is 5.00. The highest BCUT2D eigenvalue weighted by Crippen LogP contribution is 2.38. The summed E-state index contributed by atoms with van der Waals surface area (Å²) in [5.41, 5.74) is 0.712. The molecule has 2 aromatic heterocycles. The Hall–Kier alpha value is -3.14. The SMILES string of the molecule is CCc1nn2c(=O)cc(COC(=O)Cc3cc(OC)c(OC)c(OC)c3)nc2s1. The van der Waals surface area contributed by atoms with E-state index < -0.39 is 5.97 Å². The third-order valence-corrected chi connectivity index (χ3v) is 5.15. The number of aryl methyl sites for hydroxylation is 1. The van der Waals surface area contributed by atoms with Crippen molar-refractivity contribution in [3.05, 3.63) is 44.8 Å². The van der Waals surface area contributed by atoms with Crippen LogP contribution in [0.2, 0.25) is 0 Å². The van der Waals surface area contributed by atoms with Crippen molar-refractivity contribution < 1.29 is 23.7 Å². The molecule has 1 aromatic carbocycles. The van der Waals surface area contributed by atoms with Gasteiger partial charge in [0.15, 0.2) is 11.5 Å². The molecule has 0 fully saturated rings. The number of esters is 1. The highest BCUT2D eigenvalue weighted by atomic mass is 32.1.